The lowest BCUT2D eigenvalue weighted by Crippen LogP contribution is -2.50. The number of aliphatic hydroxyl groups is 1. The van der Waals surface area contributed by atoms with Crippen LogP contribution < -0.4 is 10.6 Å². The van der Waals surface area contributed by atoms with Gasteiger partial charge in [-0.2, -0.15) is 0 Å². The summed E-state index contributed by atoms with van der Waals surface area (Å²) in [6.45, 7) is 1.45. The van der Waals surface area contributed by atoms with E-state index in [-0.39, 0.29) is 0 Å². The smallest absolute Gasteiger partial charge is 0.191 e. The molecule has 1 saturated carbocycles. The van der Waals surface area contributed by atoms with Gasteiger partial charge in [0.05, 0.1) is 5.60 Å². The predicted octanol–water partition coefficient (Wildman–Crippen LogP) is 1.37. The Hall–Kier alpha value is -1.07. The molecule has 3 N–H and O–H groups in total. The molecule has 0 saturated heterocycles. The van der Waals surface area contributed by atoms with Gasteiger partial charge >= 0.3 is 0 Å². The quantitative estimate of drug-likeness (QED) is 0.558. The summed E-state index contributed by atoms with van der Waals surface area (Å²) in [5.74, 6) is 0.770. The molecule has 0 aromatic carbocycles. The van der Waals surface area contributed by atoms with E-state index in [2.05, 4.69) is 33.1 Å². The maximum absolute atomic E-state index is 9.99. The highest BCUT2D eigenvalue weighted by Gasteiger charge is 2.34. The van der Waals surface area contributed by atoms with Gasteiger partial charge in [0.15, 0.2) is 5.96 Å². The molecule has 0 aliphatic heterocycles. The standard InChI is InChI=1S/C13H21N3OS/c1-14-12(16-10-13(17)6-3-7-13)15-8-5-11-4-2-9-18-11/h2,4,9,17H,3,5-8,10H2,1H3,(H2,14,15,16). The summed E-state index contributed by atoms with van der Waals surface area (Å²) in [4.78, 5) is 5.53. The fraction of sp³-hybridized carbons (Fsp3) is 0.615. The van der Waals surface area contributed by atoms with E-state index in [1.165, 1.54) is 4.88 Å². The lowest BCUT2D eigenvalue weighted by molar-refractivity contribution is -0.0279. The largest absolute Gasteiger partial charge is 0.388 e. The van der Waals surface area contributed by atoms with Crippen LogP contribution in [0.3, 0.4) is 0 Å². The molecule has 1 aliphatic carbocycles. The molecule has 100 valence electrons. The molecular formula is C13H21N3OS. The second kappa shape index (κ2) is 6.20. The number of hydrogen-bond acceptors (Lipinski definition) is 3. The summed E-state index contributed by atoms with van der Waals surface area (Å²) in [7, 11) is 1.76. The van der Waals surface area contributed by atoms with Crippen molar-refractivity contribution in [1.82, 2.24) is 10.6 Å². The first-order valence-corrected chi connectivity index (χ1v) is 7.29. The fourth-order valence-corrected chi connectivity index (χ4v) is 2.70. The molecule has 0 spiro atoms. The topological polar surface area (TPSA) is 56.7 Å². The number of rotatable bonds is 5. The summed E-state index contributed by atoms with van der Waals surface area (Å²) >= 11 is 1.77. The number of thiophene rings is 1. The third-order valence-corrected chi connectivity index (χ3v) is 4.27. The van der Waals surface area contributed by atoms with Gasteiger partial charge in [-0.15, -0.1) is 11.3 Å². The van der Waals surface area contributed by atoms with E-state index in [0.29, 0.717) is 6.54 Å². The van der Waals surface area contributed by atoms with Gasteiger partial charge in [-0.05, 0) is 37.1 Å². The molecule has 1 fully saturated rings. The van der Waals surface area contributed by atoms with Crippen molar-refractivity contribution in [3.05, 3.63) is 22.4 Å². The molecule has 1 aromatic rings. The molecule has 0 atom stereocenters. The summed E-state index contributed by atoms with van der Waals surface area (Å²) in [5.41, 5.74) is -0.509. The minimum absolute atomic E-state index is 0.509. The zero-order valence-electron chi connectivity index (χ0n) is 10.8. The first-order chi connectivity index (χ1) is 8.72. The molecule has 0 radical (unpaired) electrons. The number of guanidine groups is 1. The van der Waals surface area contributed by atoms with E-state index >= 15 is 0 Å². The minimum atomic E-state index is -0.509. The van der Waals surface area contributed by atoms with Crippen LogP contribution in [0.4, 0.5) is 0 Å². The van der Waals surface area contributed by atoms with Gasteiger partial charge in [-0.25, -0.2) is 0 Å². The van der Waals surface area contributed by atoms with E-state index in [9.17, 15) is 5.11 Å². The molecular weight excluding hydrogens is 246 g/mol. The summed E-state index contributed by atoms with van der Waals surface area (Å²) in [5, 5.41) is 18.5. The van der Waals surface area contributed by atoms with Crippen LogP contribution in [0.5, 0.6) is 0 Å². The highest BCUT2D eigenvalue weighted by atomic mass is 32.1. The molecule has 0 unspecified atom stereocenters. The highest BCUT2D eigenvalue weighted by Crippen LogP contribution is 2.30. The SMILES string of the molecule is CN=C(NCCc1cccs1)NCC1(O)CCC1. The van der Waals surface area contributed by atoms with Gasteiger partial charge < -0.3 is 15.7 Å². The molecule has 4 nitrogen and oxygen atoms in total. The van der Waals surface area contributed by atoms with Gasteiger partial charge in [0.1, 0.15) is 0 Å². The average Bonchev–Trinajstić information content (AvgIpc) is 2.84. The normalized spacial score (nSPS) is 18.2. The lowest BCUT2D eigenvalue weighted by Gasteiger charge is -2.36. The molecule has 18 heavy (non-hydrogen) atoms. The van der Waals surface area contributed by atoms with Crippen molar-refractivity contribution < 1.29 is 5.11 Å². The van der Waals surface area contributed by atoms with Crippen molar-refractivity contribution in [2.24, 2.45) is 4.99 Å². The maximum Gasteiger partial charge on any atom is 0.191 e. The van der Waals surface area contributed by atoms with Crippen molar-refractivity contribution in [1.29, 1.82) is 0 Å². The van der Waals surface area contributed by atoms with Crippen molar-refractivity contribution in [2.75, 3.05) is 20.1 Å². The second-order valence-corrected chi connectivity index (χ2v) is 5.79. The first kappa shape index (κ1) is 13.4. The Morgan fingerprint density at radius 1 is 1.50 bits per heavy atom. The van der Waals surface area contributed by atoms with Crippen molar-refractivity contribution in [3.8, 4) is 0 Å². The van der Waals surface area contributed by atoms with E-state index in [4.69, 9.17) is 0 Å². The summed E-state index contributed by atoms with van der Waals surface area (Å²) in [6.07, 6.45) is 3.92. The Kier molecular flexibility index (Phi) is 4.60. The van der Waals surface area contributed by atoms with Crippen LogP contribution >= 0.6 is 11.3 Å². The number of nitrogens with one attached hydrogen (secondary N) is 2. The van der Waals surface area contributed by atoms with Gasteiger partial charge in [-0.1, -0.05) is 6.07 Å². The van der Waals surface area contributed by atoms with Crippen LogP contribution in [0.2, 0.25) is 0 Å². The van der Waals surface area contributed by atoms with Crippen LogP contribution in [0.1, 0.15) is 24.1 Å². The molecule has 1 aliphatic rings. The molecule has 1 heterocycles. The Labute approximate surface area is 112 Å². The Balaban J connectivity index is 1.66. The monoisotopic (exact) mass is 267 g/mol. The van der Waals surface area contributed by atoms with Crippen LogP contribution in [0.15, 0.2) is 22.5 Å². The molecule has 0 bridgehead atoms. The summed E-state index contributed by atoms with van der Waals surface area (Å²) in [6, 6.07) is 4.21. The lowest BCUT2D eigenvalue weighted by atomic mass is 9.80. The van der Waals surface area contributed by atoms with E-state index in [1.807, 2.05) is 0 Å². The maximum atomic E-state index is 9.99. The van der Waals surface area contributed by atoms with Gasteiger partial charge in [0.2, 0.25) is 0 Å². The van der Waals surface area contributed by atoms with Crippen molar-refractivity contribution in [2.45, 2.75) is 31.3 Å². The Bertz CT molecular complexity index is 385. The fourth-order valence-electron chi connectivity index (χ4n) is 1.99. The zero-order valence-corrected chi connectivity index (χ0v) is 11.6. The van der Waals surface area contributed by atoms with Crippen LogP contribution in [0, 0.1) is 0 Å². The molecule has 5 heteroatoms. The number of hydrogen-bond donors (Lipinski definition) is 3. The highest BCUT2D eigenvalue weighted by molar-refractivity contribution is 7.09. The van der Waals surface area contributed by atoms with E-state index in [1.54, 1.807) is 18.4 Å². The van der Waals surface area contributed by atoms with E-state index in [0.717, 1.165) is 38.2 Å². The second-order valence-electron chi connectivity index (χ2n) is 4.76. The Morgan fingerprint density at radius 3 is 2.89 bits per heavy atom. The number of nitrogens with zero attached hydrogens (tertiary/aromatic N) is 1. The van der Waals surface area contributed by atoms with Gasteiger partial charge in [0.25, 0.3) is 0 Å². The first-order valence-electron chi connectivity index (χ1n) is 6.41. The number of aliphatic imine (C=N–C) groups is 1. The summed E-state index contributed by atoms with van der Waals surface area (Å²) < 4.78 is 0. The third kappa shape index (κ3) is 3.71. The van der Waals surface area contributed by atoms with Crippen LogP contribution in [-0.2, 0) is 6.42 Å². The van der Waals surface area contributed by atoms with Gasteiger partial charge in [-0.3, -0.25) is 4.99 Å². The van der Waals surface area contributed by atoms with Crippen molar-refractivity contribution in [3.63, 3.8) is 0 Å². The molecule has 2 rings (SSSR count). The van der Waals surface area contributed by atoms with E-state index < -0.39 is 5.60 Å². The van der Waals surface area contributed by atoms with Gasteiger partial charge in [0, 0.05) is 25.0 Å². The molecule has 0 amide bonds. The predicted molar refractivity (Wildman–Crippen MR) is 76.2 cm³/mol. The minimum Gasteiger partial charge on any atom is -0.388 e. The van der Waals surface area contributed by atoms with Crippen LogP contribution in [-0.4, -0.2) is 36.8 Å². The third-order valence-electron chi connectivity index (χ3n) is 3.34. The van der Waals surface area contributed by atoms with Crippen molar-refractivity contribution >= 4 is 17.3 Å². The zero-order chi connectivity index (χ0) is 12.8. The average molecular weight is 267 g/mol. The molecule has 1 aromatic heterocycles. The van der Waals surface area contributed by atoms with Crippen LogP contribution in [0.25, 0.3) is 0 Å². The Morgan fingerprint density at radius 2 is 2.33 bits per heavy atom.